The molecule has 0 spiro atoms. The van der Waals surface area contributed by atoms with Crippen LogP contribution in [0.3, 0.4) is 0 Å². The fourth-order valence-corrected chi connectivity index (χ4v) is 7.36. The number of oxazole rings is 1. The number of ether oxygens (including phenoxy) is 2. The molecule has 0 saturated heterocycles. The van der Waals surface area contributed by atoms with E-state index in [1.165, 1.54) is 17.7 Å². The van der Waals surface area contributed by atoms with E-state index in [1.807, 2.05) is 75.4 Å². The molecule has 0 saturated carbocycles. The van der Waals surface area contributed by atoms with Gasteiger partial charge in [-0.05, 0) is 81.8 Å². The van der Waals surface area contributed by atoms with Crippen molar-refractivity contribution in [3.05, 3.63) is 155 Å². The number of aromatic nitrogens is 6. The minimum atomic E-state index is -4.43. The molecule has 328 valence electrons. The van der Waals surface area contributed by atoms with Crippen LogP contribution in [0.2, 0.25) is 0 Å². The minimum Gasteiger partial charge on any atom is -0.496 e. The average Bonchev–Trinajstić information content (AvgIpc) is 3.90. The first-order valence-corrected chi connectivity index (χ1v) is 20.8. The number of hydrogen-bond donors (Lipinski definition) is 3. The van der Waals surface area contributed by atoms with Crippen LogP contribution in [-0.4, -0.2) is 49.2 Å². The van der Waals surface area contributed by atoms with Crippen LogP contribution in [0.15, 0.2) is 120 Å². The number of halogens is 3. The topological polar surface area (TPSA) is 153 Å². The van der Waals surface area contributed by atoms with Gasteiger partial charge in [0.05, 0.1) is 58.5 Å². The van der Waals surface area contributed by atoms with Gasteiger partial charge in [0, 0.05) is 59.9 Å². The third kappa shape index (κ3) is 11.3. The summed E-state index contributed by atoms with van der Waals surface area (Å²) < 4.78 is 55.6. The molecule has 0 bridgehead atoms. The number of hydrogen-bond acceptors (Lipinski definition) is 13. The predicted octanol–water partition coefficient (Wildman–Crippen LogP) is 11.7. The van der Waals surface area contributed by atoms with Crippen LogP contribution in [0.5, 0.6) is 11.5 Å². The maximum absolute atomic E-state index is 13.0. The Labute approximate surface area is 372 Å². The minimum absolute atomic E-state index is 0.183. The average molecular weight is 887 g/mol. The molecule has 0 fully saturated rings. The number of nitrogens with one attached hydrogen (secondary N) is 2. The molecule has 0 aliphatic rings. The number of aliphatic hydroxyl groups is 1. The van der Waals surface area contributed by atoms with E-state index in [4.69, 9.17) is 13.9 Å². The van der Waals surface area contributed by atoms with Gasteiger partial charge in [-0.2, -0.15) is 13.2 Å². The van der Waals surface area contributed by atoms with Crippen molar-refractivity contribution in [2.45, 2.75) is 52.8 Å². The van der Waals surface area contributed by atoms with Gasteiger partial charge in [-0.15, -0.1) is 11.3 Å². The fourth-order valence-electron chi connectivity index (χ4n) is 6.55. The molecule has 0 aliphatic carbocycles. The van der Waals surface area contributed by atoms with E-state index < -0.39 is 17.3 Å². The van der Waals surface area contributed by atoms with Crippen molar-refractivity contribution in [1.82, 2.24) is 29.9 Å². The normalized spacial score (nSPS) is 11.4. The standard InChI is InChI=1S/C25H23F3N4O2S.C23H22N4O2/c1-14-29-13-21(35-14)18-10-9-17(11-20(18)34-4)30-23-31-19(12-22(32-23)24(2,3)33)15-5-7-16(8-6-15)25(26,27)28;1-15-11-19(12-17-7-5-4-6-8-17)27-23(25-15)26-18-9-10-20(21(13-18)28-3)22-14-24-16(2)29-22/h5-13,33H,1-4H3,(H,30,31,32);4-11,13-14H,12H2,1-3H3,(H,25,26,27). The summed E-state index contributed by atoms with van der Waals surface area (Å²) in [5, 5.41) is 17.9. The highest BCUT2D eigenvalue weighted by atomic mass is 32.1. The summed E-state index contributed by atoms with van der Waals surface area (Å²) in [6.07, 6.45) is -0.193. The van der Waals surface area contributed by atoms with Crippen LogP contribution in [0, 0.1) is 20.8 Å². The summed E-state index contributed by atoms with van der Waals surface area (Å²) >= 11 is 1.55. The lowest BCUT2D eigenvalue weighted by Gasteiger charge is -2.19. The van der Waals surface area contributed by atoms with Gasteiger partial charge in [-0.25, -0.2) is 29.9 Å². The Morgan fingerprint density at radius 1 is 0.703 bits per heavy atom. The van der Waals surface area contributed by atoms with Gasteiger partial charge in [0.2, 0.25) is 11.9 Å². The Morgan fingerprint density at radius 3 is 1.92 bits per heavy atom. The van der Waals surface area contributed by atoms with Crippen molar-refractivity contribution < 1.29 is 32.2 Å². The smallest absolute Gasteiger partial charge is 0.416 e. The molecule has 8 rings (SSSR count). The van der Waals surface area contributed by atoms with E-state index in [9.17, 15) is 18.3 Å². The zero-order valence-corrected chi connectivity index (χ0v) is 36.9. The lowest BCUT2D eigenvalue weighted by Crippen LogP contribution is -2.19. The second-order valence-corrected chi connectivity index (χ2v) is 16.4. The van der Waals surface area contributed by atoms with Crippen LogP contribution >= 0.6 is 11.3 Å². The zero-order valence-electron chi connectivity index (χ0n) is 36.1. The summed E-state index contributed by atoms with van der Waals surface area (Å²) in [5.74, 6) is 3.33. The summed E-state index contributed by atoms with van der Waals surface area (Å²) in [5.41, 5.74) is 5.38. The van der Waals surface area contributed by atoms with E-state index in [2.05, 4.69) is 52.7 Å². The number of alkyl halides is 3. The molecule has 3 N–H and O–H groups in total. The van der Waals surface area contributed by atoms with Crippen LogP contribution in [0.1, 0.15) is 53.0 Å². The summed E-state index contributed by atoms with van der Waals surface area (Å²) in [7, 11) is 3.21. The molecule has 8 aromatic rings. The molecule has 0 atom stereocenters. The SMILES string of the molecule is COc1cc(Nc2nc(-c3ccc(C(F)(F)F)cc3)cc(C(C)(C)O)n2)ccc1-c1cnc(C)s1.COc1cc(Nc2nc(C)cc(Cc3ccccc3)n2)ccc1-c1cnc(C)o1. The number of benzene rings is 4. The number of anilines is 4. The van der Waals surface area contributed by atoms with Crippen molar-refractivity contribution >= 4 is 34.6 Å². The summed E-state index contributed by atoms with van der Waals surface area (Å²) in [4.78, 5) is 27.5. The van der Waals surface area contributed by atoms with Gasteiger partial charge in [-0.3, -0.25) is 0 Å². The second-order valence-electron chi connectivity index (χ2n) is 15.1. The molecule has 0 unspecified atom stereocenters. The van der Waals surface area contributed by atoms with Crippen LogP contribution in [0.25, 0.3) is 33.0 Å². The number of rotatable bonds is 12. The monoisotopic (exact) mass is 886 g/mol. The molecule has 4 aromatic heterocycles. The number of aryl methyl sites for hydroxylation is 3. The van der Waals surface area contributed by atoms with Crippen LogP contribution in [0.4, 0.5) is 36.4 Å². The van der Waals surface area contributed by atoms with Crippen molar-refractivity contribution in [3.63, 3.8) is 0 Å². The summed E-state index contributed by atoms with van der Waals surface area (Å²) in [6, 6.07) is 29.8. The highest BCUT2D eigenvalue weighted by molar-refractivity contribution is 7.15. The largest absolute Gasteiger partial charge is 0.496 e. The Morgan fingerprint density at radius 2 is 1.34 bits per heavy atom. The van der Waals surface area contributed by atoms with E-state index in [0.717, 1.165) is 56.6 Å². The first kappa shape index (κ1) is 44.9. The molecule has 16 heteroatoms. The molecule has 0 aliphatic heterocycles. The summed E-state index contributed by atoms with van der Waals surface area (Å²) in [6.45, 7) is 8.86. The van der Waals surface area contributed by atoms with Crippen LogP contribution < -0.4 is 20.1 Å². The third-order valence-electron chi connectivity index (χ3n) is 9.69. The Balaban J connectivity index is 0.000000195. The molecular formula is C48H45F3N8O4S. The molecule has 0 radical (unpaired) electrons. The highest BCUT2D eigenvalue weighted by Crippen LogP contribution is 2.37. The Hall–Kier alpha value is -7.17. The predicted molar refractivity (Wildman–Crippen MR) is 242 cm³/mol. The first-order chi connectivity index (χ1) is 30.5. The maximum atomic E-state index is 13.0. The molecular weight excluding hydrogens is 842 g/mol. The second kappa shape index (κ2) is 19.1. The molecule has 4 heterocycles. The van der Waals surface area contributed by atoms with Crippen molar-refractivity contribution in [1.29, 1.82) is 0 Å². The fraction of sp³-hybridized carbons (Fsp3) is 0.208. The van der Waals surface area contributed by atoms with Crippen molar-refractivity contribution in [2.75, 3.05) is 24.9 Å². The van der Waals surface area contributed by atoms with Gasteiger partial charge >= 0.3 is 6.18 Å². The van der Waals surface area contributed by atoms with E-state index in [1.54, 1.807) is 63.9 Å². The highest BCUT2D eigenvalue weighted by Gasteiger charge is 2.30. The van der Waals surface area contributed by atoms with Crippen molar-refractivity contribution in [2.24, 2.45) is 0 Å². The van der Waals surface area contributed by atoms with E-state index >= 15 is 0 Å². The van der Waals surface area contributed by atoms with Gasteiger partial charge in [0.1, 0.15) is 17.1 Å². The number of nitrogens with zero attached hydrogens (tertiary/aromatic N) is 6. The number of methoxy groups -OCH3 is 2. The van der Waals surface area contributed by atoms with E-state index in [0.29, 0.717) is 51.7 Å². The third-order valence-corrected chi connectivity index (χ3v) is 10.6. The van der Waals surface area contributed by atoms with Gasteiger partial charge in [0.25, 0.3) is 0 Å². The molecule has 64 heavy (non-hydrogen) atoms. The first-order valence-electron chi connectivity index (χ1n) is 20.0. The lowest BCUT2D eigenvalue weighted by atomic mass is 10.0. The van der Waals surface area contributed by atoms with Gasteiger partial charge in [0.15, 0.2) is 11.7 Å². The van der Waals surface area contributed by atoms with E-state index in [-0.39, 0.29) is 5.95 Å². The lowest BCUT2D eigenvalue weighted by molar-refractivity contribution is -0.137. The maximum Gasteiger partial charge on any atom is 0.416 e. The zero-order chi connectivity index (χ0) is 45.6. The van der Waals surface area contributed by atoms with Crippen LogP contribution in [-0.2, 0) is 18.2 Å². The number of thiazole rings is 1. The Bertz CT molecular complexity index is 2860. The molecule has 4 aromatic carbocycles. The molecule has 0 amide bonds. The van der Waals surface area contributed by atoms with Crippen molar-refractivity contribution in [3.8, 4) is 44.5 Å². The molecule has 12 nitrogen and oxygen atoms in total. The Kier molecular flexibility index (Phi) is 13.4. The van der Waals surface area contributed by atoms with Gasteiger partial charge in [-0.1, -0.05) is 42.5 Å². The van der Waals surface area contributed by atoms with Gasteiger partial charge < -0.3 is 29.6 Å². The quantitative estimate of drug-likeness (QED) is 0.107.